The molecule has 19 heavy (non-hydrogen) atoms. The molecular weight excluding hydrogens is 272 g/mol. The first-order chi connectivity index (χ1) is 9.33. The molecule has 0 fully saturated rings. The Labute approximate surface area is 124 Å². The first-order valence-electron chi connectivity index (χ1n) is 6.90. The summed E-state index contributed by atoms with van der Waals surface area (Å²) in [6, 6.07) is 8.98. The fourth-order valence-corrected chi connectivity index (χ4v) is 3.67. The van der Waals surface area contributed by atoms with E-state index in [1.165, 1.54) is 28.3 Å². The van der Waals surface area contributed by atoms with E-state index in [1.807, 2.05) is 23.1 Å². The van der Waals surface area contributed by atoms with Crippen LogP contribution in [0.3, 0.4) is 0 Å². The molecule has 0 saturated carbocycles. The van der Waals surface area contributed by atoms with Crippen LogP contribution in [-0.2, 0) is 6.42 Å². The van der Waals surface area contributed by atoms with E-state index in [-0.39, 0.29) is 0 Å². The molecule has 1 N–H and O–H groups in total. The third kappa shape index (κ3) is 4.48. The zero-order valence-electron chi connectivity index (χ0n) is 11.7. The predicted molar refractivity (Wildman–Crippen MR) is 88.4 cm³/mol. The zero-order valence-corrected chi connectivity index (χ0v) is 13.3. The summed E-state index contributed by atoms with van der Waals surface area (Å²) in [7, 11) is 0. The van der Waals surface area contributed by atoms with Gasteiger partial charge in [-0.1, -0.05) is 19.1 Å². The maximum atomic E-state index is 4.74. The third-order valence-corrected chi connectivity index (χ3v) is 4.82. The van der Waals surface area contributed by atoms with Crippen LogP contribution in [0.25, 0.3) is 10.2 Å². The Hall–Kier alpha value is -0.580. The summed E-state index contributed by atoms with van der Waals surface area (Å²) in [6.45, 7) is 3.32. The molecule has 1 aromatic carbocycles. The second-order valence-electron chi connectivity index (χ2n) is 4.71. The minimum atomic E-state index is 0.563. The minimum absolute atomic E-state index is 0.563. The van der Waals surface area contributed by atoms with Gasteiger partial charge in [0.05, 0.1) is 15.2 Å². The van der Waals surface area contributed by atoms with Crippen molar-refractivity contribution in [2.75, 3.05) is 18.6 Å². The average molecular weight is 294 g/mol. The molecule has 1 atom stereocenters. The van der Waals surface area contributed by atoms with Crippen LogP contribution in [-0.4, -0.2) is 29.6 Å². The van der Waals surface area contributed by atoms with Crippen LogP contribution in [0.2, 0.25) is 0 Å². The fourth-order valence-electron chi connectivity index (χ4n) is 2.10. The summed E-state index contributed by atoms with van der Waals surface area (Å²) < 4.78 is 1.30. The van der Waals surface area contributed by atoms with Crippen molar-refractivity contribution in [2.24, 2.45) is 0 Å². The molecule has 1 unspecified atom stereocenters. The summed E-state index contributed by atoms with van der Waals surface area (Å²) in [6.07, 6.45) is 5.64. The van der Waals surface area contributed by atoms with Crippen molar-refractivity contribution in [1.82, 2.24) is 10.3 Å². The number of rotatable bonds is 8. The monoisotopic (exact) mass is 294 g/mol. The number of nitrogens with one attached hydrogen (secondary N) is 1. The topological polar surface area (TPSA) is 24.9 Å². The highest BCUT2D eigenvalue weighted by atomic mass is 32.2. The maximum Gasteiger partial charge on any atom is 0.0954 e. The molecule has 2 nitrogen and oxygen atoms in total. The number of hydrogen-bond donors (Lipinski definition) is 1. The van der Waals surface area contributed by atoms with Gasteiger partial charge in [0.1, 0.15) is 0 Å². The molecule has 1 heterocycles. The highest BCUT2D eigenvalue weighted by molar-refractivity contribution is 7.98. The Morgan fingerprint density at radius 3 is 2.95 bits per heavy atom. The molecule has 0 aliphatic heterocycles. The van der Waals surface area contributed by atoms with Gasteiger partial charge in [0.15, 0.2) is 0 Å². The molecule has 0 amide bonds. The summed E-state index contributed by atoms with van der Waals surface area (Å²) >= 11 is 3.76. The first-order valence-corrected chi connectivity index (χ1v) is 9.11. The smallest absolute Gasteiger partial charge is 0.0954 e. The summed E-state index contributed by atoms with van der Waals surface area (Å²) in [4.78, 5) is 4.74. The van der Waals surface area contributed by atoms with Crippen molar-refractivity contribution in [3.05, 3.63) is 29.3 Å². The Kier molecular flexibility index (Phi) is 6.14. The van der Waals surface area contributed by atoms with Gasteiger partial charge in [-0.25, -0.2) is 4.98 Å². The van der Waals surface area contributed by atoms with E-state index in [1.54, 1.807) is 0 Å². The van der Waals surface area contributed by atoms with Crippen LogP contribution in [0.4, 0.5) is 0 Å². The van der Waals surface area contributed by atoms with Crippen LogP contribution < -0.4 is 5.32 Å². The van der Waals surface area contributed by atoms with Crippen LogP contribution in [0.1, 0.15) is 24.8 Å². The average Bonchev–Trinajstić information content (AvgIpc) is 2.84. The normalized spacial score (nSPS) is 12.9. The summed E-state index contributed by atoms with van der Waals surface area (Å²) in [5, 5.41) is 4.91. The Bertz CT molecular complexity index is 455. The fraction of sp³-hybridized carbons (Fsp3) is 0.533. The summed E-state index contributed by atoms with van der Waals surface area (Å²) in [5.41, 5.74) is 1.14. The van der Waals surface area contributed by atoms with Gasteiger partial charge >= 0.3 is 0 Å². The van der Waals surface area contributed by atoms with Gasteiger partial charge < -0.3 is 5.32 Å². The number of para-hydroxylation sites is 1. The second-order valence-corrected chi connectivity index (χ2v) is 6.81. The van der Waals surface area contributed by atoms with Gasteiger partial charge in [-0.2, -0.15) is 11.8 Å². The van der Waals surface area contributed by atoms with E-state index in [0.717, 1.165) is 18.5 Å². The van der Waals surface area contributed by atoms with Crippen molar-refractivity contribution >= 4 is 33.3 Å². The summed E-state index contributed by atoms with van der Waals surface area (Å²) in [5.74, 6) is 1.21. The molecule has 4 heteroatoms. The van der Waals surface area contributed by atoms with Crippen LogP contribution in [0.5, 0.6) is 0 Å². The highest BCUT2D eigenvalue weighted by Gasteiger charge is 2.11. The molecule has 104 valence electrons. The Morgan fingerprint density at radius 1 is 1.37 bits per heavy atom. The standard InChI is InChI=1S/C15H22N2S2/c1-3-9-16-12(8-10-18-2)11-15-17-13-6-4-5-7-14(13)19-15/h4-7,12,16H,3,8-11H2,1-2H3. The molecule has 2 aromatic rings. The van der Waals surface area contributed by atoms with E-state index in [4.69, 9.17) is 4.98 Å². The van der Waals surface area contributed by atoms with Crippen molar-refractivity contribution in [2.45, 2.75) is 32.2 Å². The lowest BCUT2D eigenvalue weighted by atomic mass is 10.1. The molecule has 0 bridgehead atoms. The molecule has 0 radical (unpaired) electrons. The Morgan fingerprint density at radius 2 is 2.21 bits per heavy atom. The largest absolute Gasteiger partial charge is 0.314 e. The van der Waals surface area contributed by atoms with E-state index in [0.29, 0.717) is 6.04 Å². The van der Waals surface area contributed by atoms with Crippen molar-refractivity contribution in [3.63, 3.8) is 0 Å². The number of fused-ring (bicyclic) bond motifs is 1. The quantitative estimate of drug-likeness (QED) is 0.797. The number of benzene rings is 1. The lowest BCUT2D eigenvalue weighted by Gasteiger charge is -2.16. The predicted octanol–water partition coefficient (Wildman–Crippen LogP) is 3.96. The first kappa shape index (κ1) is 14.8. The van der Waals surface area contributed by atoms with Crippen molar-refractivity contribution in [1.29, 1.82) is 0 Å². The van der Waals surface area contributed by atoms with Gasteiger partial charge in [-0.3, -0.25) is 0 Å². The second kappa shape index (κ2) is 7.88. The highest BCUT2D eigenvalue weighted by Crippen LogP contribution is 2.23. The van der Waals surface area contributed by atoms with Gasteiger partial charge in [-0.05, 0) is 43.5 Å². The van der Waals surface area contributed by atoms with E-state index < -0.39 is 0 Å². The molecular formula is C15H22N2S2. The van der Waals surface area contributed by atoms with E-state index >= 15 is 0 Å². The SMILES string of the molecule is CCCNC(CCSC)Cc1nc2ccccc2s1. The van der Waals surface area contributed by atoms with Gasteiger partial charge in [0.2, 0.25) is 0 Å². The number of aromatic nitrogens is 1. The molecule has 1 aromatic heterocycles. The van der Waals surface area contributed by atoms with Gasteiger partial charge in [-0.15, -0.1) is 11.3 Å². The number of thiazole rings is 1. The lowest BCUT2D eigenvalue weighted by molar-refractivity contribution is 0.497. The Balaban J connectivity index is 2.01. The zero-order chi connectivity index (χ0) is 13.5. The third-order valence-electron chi connectivity index (χ3n) is 3.11. The van der Waals surface area contributed by atoms with Crippen LogP contribution >= 0.6 is 23.1 Å². The van der Waals surface area contributed by atoms with Gasteiger partial charge in [0.25, 0.3) is 0 Å². The lowest BCUT2D eigenvalue weighted by Crippen LogP contribution is -2.32. The number of thioether (sulfide) groups is 1. The molecule has 0 aliphatic carbocycles. The van der Waals surface area contributed by atoms with Crippen LogP contribution in [0, 0.1) is 0 Å². The molecule has 0 aliphatic rings. The minimum Gasteiger partial charge on any atom is -0.314 e. The molecule has 0 spiro atoms. The number of hydrogen-bond acceptors (Lipinski definition) is 4. The number of nitrogens with zero attached hydrogens (tertiary/aromatic N) is 1. The van der Waals surface area contributed by atoms with E-state index in [2.05, 4.69) is 42.8 Å². The van der Waals surface area contributed by atoms with Crippen molar-refractivity contribution in [3.8, 4) is 0 Å². The van der Waals surface area contributed by atoms with Crippen LogP contribution in [0.15, 0.2) is 24.3 Å². The molecule has 0 saturated heterocycles. The van der Waals surface area contributed by atoms with Crippen molar-refractivity contribution < 1.29 is 0 Å². The molecule has 2 rings (SSSR count). The van der Waals surface area contributed by atoms with Gasteiger partial charge in [0, 0.05) is 12.5 Å². The van der Waals surface area contributed by atoms with E-state index in [9.17, 15) is 0 Å². The maximum absolute atomic E-state index is 4.74.